The Morgan fingerprint density at radius 2 is 0.305 bits per heavy atom. The van der Waals surface area contributed by atoms with E-state index in [0.717, 1.165) is 0 Å². The average Bonchev–Trinajstić information content (AvgIpc) is 2.87. The maximum Gasteiger partial charge on any atom is 0.394 e. The molecule has 39 nitrogen and oxygen atoms in total. The first kappa shape index (κ1) is 68.0. The zero-order valence-electron chi connectivity index (χ0n) is 42.4. The topological polar surface area (TPSA) is 629 Å². The van der Waals surface area contributed by atoms with Crippen LogP contribution in [0.25, 0.3) is 0 Å². The van der Waals surface area contributed by atoms with Crippen LogP contribution < -0.4 is 0 Å². The van der Waals surface area contributed by atoms with Crippen molar-refractivity contribution in [1.29, 1.82) is 0 Å². The summed E-state index contributed by atoms with van der Waals surface area (Å²) in [6.07, 6.45) is -70.2. The minimum absolute atomic E-state index is 1.05. The van der Waals surface area contributed by atoms with E-state index in [1.165, 1.54) is 0 Å². The molecule has 0 amide bonds. The predicted octanol–water partition coefficient (Wildman–Crippen LogP) is -15.9. The van der Waals surface area contributed by atoms with Gasteiger partial charge in [0.1, 0.15) is 171 Å². The molecule has 82 heavy (non-hydrogen) atoms. The molecule has 21 rings (SSSR count). The van der Waals surface area contributed by atoms with Crippen LogP contribution in [0.15, 0.2) is 0 Å². The van der Waals surface area contributed by atoms with Gasteiger partial charge in [0.15, 0.2) is 44.0 Å². The maximum absolute atomic E-state index is 11.3. The molecule has 40 heteroatoms. The number of hydrogen-bond acceptors (Lipinski definition) is 37. The normalized spacial score (nSPS) is 52.7. The zero-order valence-corrected chi connectivity index (χ0v) is 43.2. The fourth-order valence-electron chi connectivity index (χ4n) is 10.4. The summed E-state index contributed by atoms with van der Waals surface area (Å²) in [5.41, 5.74) is 0. The Morgan fingerprint density at radius 3 is 0.390 bits per heavy atom. The molecule has 21 aliphatic heterocycles. The molecule has 0 unspecified atom stereocenters. The Kier molecular flexibility index (Phi) is 23.8. The van der Waals surface area contributed by atoms with Crippen LogP contribution in [0.3, 0.4) is 0 Å². The lowest BCUT2D eigenvalue weighted by atomic mass is 9.95. The molecule has 0 aromatic rings. The Balaban J connectivity index is 0.00000185. The van der Waals surface area contributed by atoms with Crippen LogP contribution in [0.1, 0.15) is 0 Å². The van der Waals surface area contributed by atoms with Gasteiger partial charge in [0, 0.05) is 0 Å². The molecule has 23 N–H and O–H groups in total. The largest absolute Gasteiger partial charge is 0.394 e. The third-order valence-electron chi connectivity index (χ3n) is 14.8. The molecule has 35 atom stereocenters. The molecular weight excluding hydrogens is 1160 g/mol. The molecule has 21 heterocycles. The zero-order chi connectivity index (χ0) is 60.6. The third kappa shape index (κ3) is 14.5. The summed E-state index contributed by atoms with van der Waals surface area (Å²) in [5, 5.41) is 230. The third-order valence-corrected chi connectivity index (χ3v) is 14.8. The van der Waals surface area contributed by atoms with Crippen molar-refractivity contribution in [2.75, 3.05) is 46.2 Å². The predicted molar refractivity (Wildman–Crippen MR) is 243 cm³/mol. The molecule has 0 spiro atoms. The van der Waals surface area contributed by atoms with Gasteiger partial charge in [-0.1, -0.05) is 0 Å². The van der Waals surface area contributed by atoms with Crippen LogP contribution in [0.4, 0.5) is 0 Å². The van der Waals surface area contributed by atoms with E-state index in [1.54, 1.807) is 0 Å². The van der Waals surface area contributed by atoms with Crippen molar-refractivity contribution < 1.29 is 191 Å². The summed E-state index contributed by atoms with van der Waals surface area (Å²) in [7, 11) is -4.67. The highest BCUT2D eigenvalue weighted by Gasteiger charge is 2.59. The summed E-state index contributed by atoms with van der Waals surface area (Å²) in [6.45, 7) is -7.33. The minimum Gasteiger partial charge on any atom is -0.394 e. The average molecular weight is 1230 g/mol. The lowest BCUT2D eigenvalue weighted by Crippen LogP contribution is -2.68. The van der Waals surface area contributed by atoms with Gasteiger partial charge >= 0.3 is 10.4 Å². The SMILES string of the molecule is O=S(=O)(O)O.OC[C@H]1O[C@@H]2O[C@H]3[C@H](O)[C@@H](O)[C@@H](O[C@H]4[C@H](O)[C@@H](O)[C@@H](O[C@H]5[C@H](O)[C@@H](O)[C@@H](O[C@H]6[C@H](O)[C@@H](O)[C@@H](O[C@H]7[C@H](O)[C@@H](O)[C@@H](O[C@H]8[C@H](O)[C@@H](O)[C@@H](O[C@H]1[C@H](O)[C@H]2O)O[C@@H]8CO)O[C@@H]7CO)O[C@@H]6CO)O[C@@H]5CO)O[C@@H]4CO)O[C@@H]3CO. The molecule has 14 bridgehead atoms. The minimum atomic E-state index is -4.67. The quantitative estimate of drug-likeness (QED) is 0.105. The van der Waals surface area contributed by atoms with E-state index in [0.29, 0.717) is 0 Å². The molecule has 0 saturated carbocycles. The number of hydrogen-bond donors (Lipinski definition) is 23. The summed E-state index contributed by atoms with van der Waals surface area (Å²) >= 11 is 0. The van der Waals surface area contributed by atoms with Gasteiger partial charge in [-0.3, -0.25) is 9.11 Å². The number of ether oxygens (including phenoxy) is 14. The molecular formula is C42H72O39S. The monoisotopic (exact) mass is 1230 g/mol. The van der Waals surface area contributed by atoms with E-state index >= 15 is 0 Å². The summed E-state index contributed by atoms with van der Waals surface area (Å²) in [6, 6.07) is 0. The molecule has 21 aliphatic rings. The molecule has 0 aliphatic carbocycles. The fourth-order valence-corrected chi connectivity index (χ4v) is 10.4. The Hall–Kier alpha value is -1.53. The van der Waals surface area contributed by atoms with Crippen molar-refractivity contribution in [2.24, 2.45) is 0 Å². The van der Waals surface area contributed by atoms with Crippen LogP contribution in [0.2, 0.25) is 0 Å². The highest BCUT2D eigenvalue weighted by Crippen LogP contribution is 2.39. The summed E-state index contributed by atoms with van der Waals surface area (Å²) in [5.74, 6) is 0. The molecule has 21 fully saturated rings. The van der Waals surface area contributed by atoms with Gasteiger partial charge in [-0.05, 0) is 0 Å². The van der Waals surface area contributed by atoms with Gasteiger partial charge in [-0.25, -0.2) is 0 Å². The molecule has 0 aromatic carbocycles. The Bertz CT molecular complexity index is 1700. The van der Waals surface area contributed by atoms with Gasteiger partial charge < -0.3 is 174 Å². The number of aliphatic hydroxyl groups excluding tert-OH is 21. The Morgan fingerprint density at radius 1 is 0.207 bits per heavy atom. The highest BCUT2D eigenvalue weighted by atomic mass is 32.3. The standard InChI is InChI=1S/C42H70O35.H2O4S/c43-1-8-29-15(50)22(57)36(64-8)72-30-9(2-44)66-38(24(59)17(30)52)74-32-11(4-46)68-40(26(61)19(32)54)76-34-13(6-48)70-42(28(63)21(34)56)77-35-14(7-49)69-41(27(62)20(35)55)75-33-12(5-47)67-39(25(60)18(33)53)73-31-10(3-45)65-37(71-29)23(58)16(31)51;1-5(2,3)4/h8-63H,1-7H2;(H2,1,2,3,4)/t8-,9-,10-,11-,12-,13-,14-,15-,16-,17-,18-,19-,20-,21-,22-,23-,24-,25-,26-,27-,28-,29-,30-,31-,32-,33-,34-,35-,36-,37-,38-,39-,40-,41-,42-;/m1./s1. The van der Waals surface area contributed by atoms with Gasteiger partial charge in [0.05, 0.1) is 46.2 Å². The second kappa shape index (κ2) is 28.7. The summed E-state index contributed by atoms with van der Waals surface area (Å²) < 4.78 is 111. The van der Waals surface area contributed by atoms with Gasteiger partial charge in [-0.2, -0.15) is 8.42 Å². The number of aliphatic hydroxyl groups is 21. The molecule has 0 aromatic heterocycles. The maximum atomic E-state index is 11.3. The van der Waals surface area contributed by atoms with Gasteiger partial charge in [-0.15, -0.1) is 0 Å². The smallest absolute Gasteiger partial charge is 0.394 e. The number of rotatable bonds is 7. The first-order valence-corrected chi connectivity index (χ1v) is 26.7. The highest BCUT2D eigenvalue weighted by molar-refractivity contribution is 7.79. The lowest BCUT2D eigenvalue weighted by molar-refractivity contribution is -0.396. The van der Waals surface area contributed by atoms with Crippen LogP contribution in [0.5, 0.6) is 0 Å². The van der Waals surface area contributed by atoms with Gasteiger partial charge in [0.25, 0.3) is 0 Å². The first-order chi connectivity index (χ1) is 38.7. The van der Waals surface area contributed by atoms with E-state index in [1.807, 2.05) is 0 Å². The molecule has 0 radical (unpaired) electrons. The van der Waals surface area contributed by atoms with Crippen LogP contribution in [0, 0.1) is 0 Å². The van der Waals surface area contributed by atoms with Crippen LogP contribution in [-0.4, -0.2) is 386 Å². The van der Waals surface area contributed by atoms with E-state index in [-0.39, 0.29) is 0 Å². The Labute approximate surface area is 462 Å². The van der Waals surface area contributed by atoms with E-state index in [2.05, 4.69) is 0 Å². The lowest BCUT2D eigenvalue weighted by Gasteiger charge is -2.50. The second-order valence-electron chi connectivity index (χ2n) is 20.1. The van der Waals surface area contributed by atoms with E-state index < -0.39 is 272 Å². The van der Waals surface area contributed by atoms with Crippen molar-refractivity contribution in [3.8, 4) is 0 Å². The van der Waals surface area contributed by atoms with Crippen molar-refractivity contribution in [3.05, 3.63) is 0 Å². The molecule has 480 valence electrons. The van der Waals surface area contributed by atoms with Crippen molar-refractivity contribution >= 4 is 10.4 Å². The van der Waals surface area contributed by atoms with Crippen molar-refractivity contribution in [2.45, 2.75) is 215 Å². The van der Waals surface area contributed by atoms with Crippen LogP contribution in [-0.2, 0) is 76.7 Å². The first-order valence-electron chi connectivity index (χ1n) is 25.3. The summed E-state index contributed by atoms with van der Waals surface area (Å²) in [4.78, 5) is 0. The van der Waals surface area contributed by atoms with Crippen LogP contribution >= 0.6 is 0 Å². The molecule has 21 saturated heterocycles. The van der Waals surface area contributed by atoms with Crippen molar-refractivity contribution in [1.82, 2.24) is 0 Å². The fraction of sp³-hybridized carbons (Fsp3) is 1.00. The van der Waals surface area contributed by atoms with E-state index in [4.69, 9.17) is 83.8 Å². The van der Waals surface area contributed by atoms with Gasteiger partial charge in [0.2, 0.25) is 0 Å². The van der Waals surface area contributed by atoms with E-state index in [9.17, 15) is 107 Å². The van der Waals surface area contributed by atoms with Crippen molar-refractivity contribution in [3.63, 3.8) is 0 Å². The second-order valence-corrected chi connectivity index (χ2v) is 21.0.